The summed E-state index contributed by atoms with van der Waals surface area (Å²) in [6.45, 7) is -0.353. The second-order valence-corrected chi connectivity index (χ2v) is 6.46. The molecule has 0 saturated carbocycles. The predicted molar refractivity (Wildman–Crippen MR) is 46.9 cm³/mol. The minimum absolute atomic E-state index is 0.0617. The van der Waals surface area contributed by atoms with E-state index in [1.54, 1.807) is 0 Å². The summed E-state index contributed by atoms with van der Waals surface area (Å²) in [6, 6.07) is 0. The minimum atomic E-state index is -5.55. The van der Waals surface area contributed by atoms with E-state index in [4.69, 9.17) is 4.89 Å². The lowest BCUT2D eigenvalue weighted by Gasteiger charge is -2.24. The molecule has 0 bridgehead atoms. The van der Waals surface area contributed by atoms with E-state index in [1.807, 2.05) is 0 Å². The van der Waals surface area contributed by atoms with Crippen LogP contribution in [0.25, 0.3) is 0 Å². The largest absolute Gasteiger partial charge is 0.779 e. The second-order valence-electron chi connectivity index (χ2n) is 2.80. The van der Waals surface area contributed by atoms with Crippen molar-refractivity contribution in [2.75, 3.05) is 19.3 Å². The molecule has 0 spiro atoms. The number of sulfonamides is 1. The fraction of sp³-hybridized carbons (Fsp3) is 1.00. The zero-order chi connectivity index (χ0) is 13.2. The Morgan fingerprint density at radius 2 is 1.88 bits per heavy atom. The molecule has 16 heavy (non-hydrogen) atoms. The van der Waals surface area contributed by atoms with Gasteiger partial charge in [-0.3, -0.25) is 0 Å². The topological polar surface area (TPSA) is 97.7 Å². The summed E-state index contributed by atoms with van der Waals surface area (Å²) < 4.78 is 68.1. The summed E-state index contributed by atoms with van der Waals surface area (Å²) in [5.41, 5.74) is -5.48. The van der Waals surface area contributed by atoms with Crippen LogP contribution in [0.1, 0.15) is 6.92 Å². The van der Waals surface area contributed by atoms with Gasteiger partial charge in [-0.15, -0.1) is 0 Å². The first-order chi connectivity index (χ1) is 6.92. The summed E-state index contributed by atoms with van der Waals surface area (Å²) in [6.07, 6.45) is -1.06. The molecular weight excluding hydrogens is 274 g/mol. The zero-order valence-corrected chi connectivity index (χ0v) is 9.85. The molecule has 1 unspecified atom stereocenters. The van der Waals surface area contributed by atoms with Crippen LogP contribution in [-0.2, 0) is 14.6 Å². The molecule has 1 atom stereocenters. The number of alkyl halides is 3. The predicted octanol–water partition coefficient (Wildman–Crippen LogP) is -0.296. The Morgan fingerprint density at radius 3 is 2.12 bits per heavy atom. The first-order valence-electron chi connectivity index (χ1n) is 4.01. The number of hydrogen-bond acceptors (Lipinski definition) is 4. The van der Waals surface area contributed by atoms with E-state index >= 15 is 0 Å². The van der Waals surface area contributed by atoms with Crippen molar-refractivity contribution in [3.63, 3.8) is 0 Å². The molecule has 0 aromatic heterocycles. The summed E-state index contributed by atoms with van der Waals surface area (Å²) in [7, 11) is -10.3. The average molecular weight is 284 g/mol. The molecule has 0 rings (SSSR count). The van der Waals surface area contributed by atoms with Crippen LogP contribution >= 0.6 is 7.60 Å². The van der Waals surface area contributed by atoms with Crippen molar-refractivity contribution < 1.29 is 35.9 Å². The van der Waals surface area contributed by atoms with Crippen LogP contribution in [-0.4, -0.2) is 42.4 Å². The van der Waals surface area contributed by atoms with E-state index in [9.17, 15) is 31.0 Å². The van der Waals surface area contributed by atoms with Crippen LogP contribution in [0.5, 0.6) is 0 Å². The fourth-order valence-electron chi connectivity index (χ4n) is 0.833. The molecule has 0 aliphatic carbocycles. The summed E-state index contributed by atoms with van der Waals surface area (Å²) in [5, 5.41) is 0. The maximum atomic E-state index is 12.1. The van der Waals surface area contributed by atoms with Crippen molar-refractivity contribution in [3.05, 3.63) is 0 Å². The first-order valence-corrected chi connectivity index (χ1v) is 7.21. The zero-order valence-electron chi connectivity index (χ0n) is 8.14. The smallest absolute Gasteiger partial charge is 0.511 e. The van der Waals surface area contributed by atoms with Crippen LogP contribution in [0.4, 0.5) is 13.2 Å². The lowest BCUT2D eigenvalue weighted by Crippen LogP contribution is -2.42. The number of nitrogens with zero attached hydrogens (tertiary/aromatic N) is 1. The van der Waals surface area contributed by atoms with Crippen LogP contribution < -0.4 is 4.89 Å². The molecule has 0 aliphatic rings. The van der Waals surface area contributed by atoms with Gasteiger partial charge in [-0.1, -0.05) is 6.92 Å². The minimum Gasteiger partial charge on any atom is -0.779 e. The third kappa shape index (κ3) is 4.38. The van der Waals surface area contributed by atoms with Crippen LogP contribution in [0.2, 0.25) is 0 Å². The highest BCUT2D eigenvalue weighted by Crippen LogP contribution is 2.31. The molecule has 1 N–H and O–H groups in total. The van der Waals surface area contributed by atoms with Crippen LogP contribution in [0.3, 0.4) is 0 Å². The van der Waals surface area contributed by atoms with Crippen molar-refractivity contribution in [1.29, 1.82) is 0 Å². The maximum absolute atomic E-state index is 12.1. The Labute approximate surface area is 90.3 Å². The van der Waals surface area contributed by atoms with Gasteiger partial charge in [0.25, 0.3) is 0 Å². The van der Waals surface area contributed by atoms with Gasteiger partial charge in [0.05, 0.1) is 0 Å². The highest BCUT2D eigenvalue weighted by molar-refractivity contribution is 7.90. The SMILES string of the molecule is CCN(CCP(=O)([O-])O)S(=O)(=O)C(F)(F)F. The van der Waals surface area contributed by atoms with Gasteiger partial charge in [0.15, 0.2) is 0 Å². The molecule has 0 aromatic carbocycles. The number of halogens is 3. The van der Waals surface area contributed by atoms with E-state index < -0.39 is 42.4 Å². The van der Waals surface area contributed by atoms with Crippen molar-refractivity contribution in [2.45, 2.75) is 12.4 Å². The fourth-order valence-corrected chi connectivity index (χ4v) is 2.43. The molecule has 0 aromatic rings. The number of hydrogen-bond donors (Lipinski definition) is 1. The molecule has 0 saturated heterocycles. The van der Waals surface area contributed by atoms with E-state index in [-0.39, 0.29) is 4.31 Å². The van der Waals surface area contributed by atoms with Crippen LogP contribution in [0.15, 0.2) is 0 Å². The molecular formula is C5H10F3NO5PS-. The normalized spacial score (nSPS) is 17.4. The third-order valence-electron chi connectivity index (χ3n) is 1.62. The Kier molecular flexibility index (Phi) is 4.96. The van der Waals surface area contributed by atoms with Crippen molar-refractivity contribution in [3.8, 4) is 0 Å². The Bertz CT molecular complexity index is 374. The molecule has 0 fully saturated rings. The average Bonchev–Trinajstić information content (AvgIpc) is 2.00. The number of rotatable bonds is 5. The standard InChI is InChI=1S/C5H11F3NO5PS/c1-2-9(3-4-15(10,11)12)16(13,14)5(6,7)8/h2-4H2,1H3,(H2,10,11,12)/p-1. The van der Waals surface area contributed by atoms with Gasteiger partial charge in [0.1, 0.15) is 7.60 Å². The highest BCUT2D eigenvalue weighted by Gasteiger charge is 2.49. The summed E-state index contributed by atoms with van der Waals surface area (Å²) in [4.78, 5) is 18.6. The van der Waals surface area contributed by atoms with E-state index in [1.165, 1.54) is 0 Å². The Hall–Kier alpha value is -0.150. The molecule has 0 aliphatic heterocycles. The molecule has 0 amide bonds. The van der Waals surface area contributed by atoms with Gasteiger partial charge in [-0.25, -0.2) is 8.42 Å². The van der Waals surface area contributed by atoms with Crippen molar-refractivity contribution in [1.82, 2.24) is 4.31 Å². The van der Waals surface area contributed by atoms with Gasteiger partial charge in [-0.05, 0) is 0 Å². The first kappa shape index (κ1) is 15.9. The highest BCUT2D eigenvalue weighted by atomic mass is 32.2. The second kappa shape index (κ2) is 5.01. The monoisotopic (exact) mass is 284 g/mol. The van der Waals surface area contributed by atoms with Gasteiger partial charge in [-0.2, -0.15) is 17.5 Å². The third-order valence-corrected chi connectivity index (χ3v) is 4.09. The van der Waals surface area contributed by atoms with E-state index in [0.717, 1.165) is 6.92 Å². The van der Waals surface area contributed by atoms with Crippen LogP contribution in [0, 0.1) is 0 Å². The molecule has 11 heteroatoms. The summed E-state index contributed by atoms with van der Waals surface area (Å²) >= 11 is 0. The Morgan fingerprint density at radius 1 is 1.44 bits per heavy atom. The van der Waals surface area contributed by atoms with Crippen molar-refractivity contribution >= 4 is 17.6 Å². The van der Waals surface area contributed by atoms with E-state index in [0.29, 0.717) is 0 Å². The van der Waals surface area contributed by atoms with Gasteiger partial charge >= 0.3 is 15.5 Å². The Balaban J connectivity index is 4.84. The molecule has 6 nitrogen and oxygen atoms in total. The quantitative estimate of drug-likeness (QED) is 0.699. The molecule has 0 radical (unpaired) electrons. The summed E-state index contributed by atoms with van der Waals surface area (Å²) in [5.74, 6) is 0. The van der Waals surface area contributed by atoms with Gasteiger partial charge in [0, 0.05) is 19.3 Å². The molecule has 98 valence electrons. The lowest BCUT2D eigenvalue weighted by molar-refractivity contribution is -0.193. The maximum Gasteiger partial charge on any atom is 0.511 e. The van der Waals surface area contributed by atoms with Crippen molar-refractivity contribution in [2.24, 2.45) is 0 Å². The van der Waals surface area contributed by atoms with E-state index in [2.05, 4.69) is 0 Å². The van der Waals surface area contributed by atoms with Gasteiger partial charge in [0.2, 0.25) is 0 Å². The van der Waals surface area contributed by atoms with Gasteiger partial charge < -0.3 is 14.4 Å². The lowest BCUT2D eigenvalue weighted by atomic mass is 10.7. The molecule has 0 heterocycles.